The molecule has 1 aromatic heterocycles. The van der Waals surface area contributed by atoms with Gasteiger partial charge < -0.3 is 20.3 Å². The minimum atomic E-state index is -0.795. The number of nitrogens with one attached hydrogen (secondary N) is 2. The largest absolute Gasteiger partial charge is 0.481 e. The first-order valence-corrected chi connectivity index (χ1v) is 10.7. The van der Waals surface area contributed by atoms with Crippen molar-refractivity contribution < 1.29 is 19.2 Å². The van der Waals surface area contributed by atoms with E-state index in [1.165, 1.54) is 12.8 Å². The highest BCUT2D eigenvalue weighted by Crippen LogP contribution is 2.79. The maximum Gasteiger partial charge on any atom is 0.307 e. The molecule has 1 aromatic rings. The Hall–Kier alpha value is -1.60. The van der Waals surface area contributed by atoms with Crippen LogP contribution < -0.4 is 10.6 Å². The van der Waals surface area contributed by atoms with Crippen LogP contribution in [0.25, 0.3) is 0 Å². The fraction of sp³-hybridized carbons (Fsp3) is 0.762. The van der Waals surface area contributed by atoms with E-state index in [-0.39, 0.29) is 35.6 Å². The fourth-order valence-electron chi connectivity index (χ4n) is 7.17. The van der Waals surface area contributed by atoms with E-state index in [4.69, 9.17) is 4.52 Å². The molecule has 2 bridgehead atoms. The van der Waals surface area contributed by atoms with E-state index in [0.717, 1.165) is 32.4 Å². The van der Waals surface area contributed by atoms with Crippen LogP contribution in [0.5, 0.6) is 0 Å². The van der Waals surface area contributed by atoms with Crippen molar-refractivity contribution in [3.05, 3.63) is 17.5 Å². The van der Waals surface area contributed by atoms with Crippen LogP contribution in [0.3, 0.4) is 0 Å². The van der Waals surface area contributed by atoms with Gasteiger partial charge in [-0.05, 0) is 81.2 Å². The van der Waals surface area contributed by atoms with Crippen LogP contribution >= 0.6 is 12.4 Å². The molecule has 1 aliphatic heterocycles. The van der Waals surface area contributed by atoms with Crippen molar-refractivity contribution in [2.24, 2.45) is 40.9 Å². The van der Waals surface area contributed by atoms with Gasteiger partial charge in [0.25, 0.3) is 0 Å². The molecule has 0 radical (unpaired) electrons. The number of halogens is 1. The minimum absolute atomic E-state index is 0. The number of carboxylic acid groups (broad SMARTS) is 1. The summed E-state index contributed by atoms with van der Waals surface area (Å²) in [6, 6.07) is 1.80. The number of rotatable bonds is 5. The minimum Gasteiger partial charge on any atom is -0.481 e. The van der Waals surface area contributed by atoms with Gasteiger partial charge in [0.2, 0.25) is 5.91 Å². The Morgan fingerprint density at radius 2 is 2.03 bits per heavy atom. The second-order valence-corrected chi connectivity index (χ2v) is 9.36. The van der Waals surface area contributed by atoms with Crippen molar-refractivity contribution in [3.63, 3.8) is 0 Å². The van der Waals surface area contributed by atoms with Crippen molar-refractivity contribution in [2.75, 3.05) is 13.1 Å². The Balaban J connectivity index is 0.00000205. The molecular weight excluding hydrogens is 394 g/mol. The third kappa shape index (κ3) is 3.17. The van der Waals surface area contributed by atoms with Gasteiger partial charge in [-0.15, -0.1) is 12.4 Å². The lowest BCUT2D eigenvalue weighted by atomic mass is 9.78. The number of nitrogens with zero attached hydrogens (tertiary/aromatic N) is 1. The molecule has 29 heavy (non-hydrogen) atoms. The highest BCUT2D eigenvalue weighted by atomic mass is 35.5. The predicted octanol–water partition coefficient (Wildman–Crippen LogP) is 2.38. The van der Waals surface area contributed by atoms with Gasteiger partial charge in [0.05, 0.1) is 18.4 Å². The zero-order valence-corrected chi connectivity index (χ0v) is 17.5. The molecule has 0 aromatic carbocycles. The number of carbonyl (C=O) groups is 2. The number of aliphatic carboxylic acids is 1. The quantitative estimate of drug-likeness (QED) is 0.671. The summed E-state index contributed by atoms with van der Waals surface area (Å²) in [5.74, 6) is 0.445. The van der Waals surface area contributed by atoms with Crippen LogP contribution in [0.2, 0.25) is 0 Å². The lowest BCUT2D eigenvalue weighted by Gasteiger charge is -2.27. The number of hydrogen-bond donors (Lipinski definition) is 3. The van der Waals surface area contributed by atoms with Crippen LogP contribution in [0.1, 0.15) is 43.6 Å². The van der Waals surface area contributed by atoms with Gasteiger partial charge in [-0.1, -0.05) is 5.16 Å². The highest BCUT2D eigenvalue weighted by Gasteiger charge is 2.76. The number of amides is 1. The average Bonchev–Trinajstić information content (AvgIpc) is 3.01. The highest BCUT2D eigenvalue weighted by molar-refractivity contribution is 5.87. The molecule has 7 atom stereocenters. The Labute approximate surface area is 176 Å². The van der Waals surface area contributed by atoms with E-state index in [1.54, 1.807) is 6.07 Å². The summed E-state index contributed by atoms with van der Waals surface area (Å²) >= 11 is 0. The summed E-state index contributed by atoms with van der Waals surface area (Å²) in [7, 11) is 0. The first-order chi connectivity index (χ1) is 13.5. The van der Waals surface area contributed by atoms with Crippen LogP contribution in [-0.4, -0.2) is 35.2 Å². The number of hydrogen-bond acceptors (Lipinski definition) is 5. The third-order valence-electron chi connectivity index (χ3n) is 8.14. The molecule has 4 aliphatic rings. The zero-order chi connectivity index (χ0) is 19.5. The van der Waals surface area contributed by atoms with Gasteiger partial charge in [-0.3, -0.25) is 9.59 Å². The summed E-state index contributed by atoms with van der Waals surface area (Å²) in [4.78, 5) is 25.2. The lowest BCUT2D eigenvalue weighted by Crippen LogP contribution is -2.41. The predicted molar refractivity (Wildman–Crippen MR) is 107 cm³/mol. The summed E-state index contributed by atoms with van der Waals surface area (Å²) in [5, 5.41) is 20.4. The summed E-state index contributed by atoms with van der Waals surface area (Å²) < 4.78 is 5.05. The molecular formula is C21H30ClN3O4. The van der Waals surface area contributed by atoms with Crippen LogP contribution in [0.15, 0.2) is 10.6 Å². The number of aryl methyl sites for hydroxylation is 1. The normalized spacial score (nSPS) is 39.9. The molecule has 2 heterocycles. The Kier molecular flexibility index (Phi) is 5.40. The van der Waals surface area contributed by atoms with E-state index in [1.807, 2.05) is 6.92 Å². The molecule has 1 spiro atoms. The lowest BCUT2D eigenvalue weighted by molar-refractivity contribution is -0.149. The monoisotopic (exact) mass is 423 g/mol. The molecule has 3 saturated carbocycles. The fourth-order valence-corrected chi connectivity index (χ4v) is 7.17. The van der Waals surface area contributed by atoms with E-state index >= 15 is 0 Å². The van der Waals surface area contributed by atoms with Gasteiger partial charge in [0.15, 0.2) is 0 Å². The number of aromatic nitrogens is 1. The molecule has 160 valence electrons. The second-order valence-electron chi connectivity index (χ2n) is 9.36. The summed E-state index contributed by atoms with van der Waals surface area (Å²) in [6.07, 6.45) is 5.51. The van der Waals surface area contributed by atoms with Gasteiger partial charge in [-0.25, -0.2) is 0 Å². The van der Waals surface area contributed by atoms with Crippen molar-refractivity contribution in [3.8, 4) is 0 Å². The maximum atomic E-state index is 13.1. The molecule has 8 heteroatoms. The Morgan fingerprint density at radius 1 is 1.28 bits per heavy atom. The van der Waals surface area contributed by atoms with Crippen molar-refractivity contribution in [1.82, 2.24) is 15.8 Å². The molecule has 1 amide bonds. The molecule has 3 N–H and O–H groups in total. The molecule has 1 saturated heterocycles. The Bertz CT molecular complexity index is 793. The van der Waals surface area contributed by atoms with Gasteiger partial charge in [-0.2, -0.15) is 0 Å². The van der Waals surface area contributed by atoms with E-state index < -0.39 is 17.8 Å². The van der Waals surface area contributed by atoms with Crippen LogP contribution in [-0.2, 0) is 16.1 Å². The van der Waals surface area contributed by atoms with E-state index in [0.29, 0.717) is 29.8 Å². The first-order valence-electron chi connectivity index (χ1n) is 10.7. The van der Waals surface area contributed by atoms with Gasteiger partial charge in [0.1, 0.15) is 11.5 Å². The molecule has 3 aliphatic carbocycles. The number of piperidine rings is 1. The summed E-state index contributed by atoms with van der Waals surface area (Å²) in [6.45, 7) is 4.24. The zero-order valence-electron chi connectivity index (χ0n) is 16.7. The first kappa shape index (κ1) is 20.7. The van der Waals surface area contributed by atoms with Gasteiger partial charge in [0, 0.05) is 6.07 Å². The smallest absolute Gasteiger partial charge is 0.307 e. The third-order valence-corrected chi connectivity index (χ3v) is 8.14. The maximum absolute atomic E-state index is 13.1. The van der Waals surface area contributed by atoms with Crippen LogP contribution in [0, 0.1) is 47.8 Å². The van der Waals surface area contributed by atoms with Gasteiger partial charge >= 0.3 is 5.97 Å². The number of carboxylic acids is 1. The summed E-state index contributed by atoms with van der Waals surface area (Å²) in [5.41, 5.74) is 0.771. The Morgan fingerprint density at radius 3 is 2.66 bits per heavy atom. The molecule has 4 fully saturated rings. The molecule has 5 rings (SSSR count). The van der Waals surface area contributed by atoms with E-state index in [9.17, 15) is 14.7 Å². The molecule has 3 unspecified atom stereocenters. The SMILES string of the molecule is Cc1cc(CNC(=O)[C@H]2[C@H](C(=O)O)[C@H]3CC[C@@H]2C32CC2C2CCCNC2)no1.Cl. The standard InChI is InChI=1S/C21H29N3O4.ClH/c1-11-7-13(24-28-11)10-23-19(25)17-14-4-5-15(18(17)20(26)27)21(14)8-16(21)12-3-2-6-22-9-12;/h7,12,14-18,22H,2-6,8-10H2,1H3,(H,23,25)(H,26,27);1H/t12?,14-,15+,16?,17+,18+,21?;/m0./s1. The topological polar surface area (TPSA) is 104 Å². The van der Waals surface area contributed by atoms with E-state index in [2.05, 4.69) is 15.8 Å². The van der Waals surface area contributed by atoms with Crippen LogP contribution in [0.4, 0.5) is 0 Å². The molecule has 7 nitrogen and oxygen atoms in total. The average molecular weight is 424 g/mol. The van der Waals surface area contributed by atoms with Crippen molar-refractivity contribution in [2.45, 2.75) is 45.6 Å². The second kappa shape index (κ2) is 7.58. The van der Waals surface area contributed by atoms with Crippen molar-refractivity contribution in [1.29, 1.82) is 0 Å². The van der Waals surface area contributed by atoms with Crippen molar-refractivity contribution >= 4 is 24.3 Å². The number of carbonyl (C=O) groups excluding carboxylic acids is 1.